The number of carbonyl (C=O) groups is 1. The summed E-state index contributed by atoms with van der Waals surface area (Å²) in [6.45, 7) is 2.52. The molecule has 0 aliphatic rings. The van der Waals surface area contributed by atoms with E-state index < -0.39 is 15.9 Å². The highest BCUT2D eigenvalue weighted by atomic mass is 35.5. The first-order chi connectivity index (χ1) is 17.8. The largest absolute Gasteiger partial charge is 0.489 e. The summed E-state index contributed by atoms with van der Waals surface area (Å²) in [6, 6.07) is 27.3. The zero-order chi connectivity index (χ0) is 26.3. The van der Waals surface area contributed by atoms with E-state index in [4.69, 9.17) is 16.3 Å². The van der Waals surface area contributed by atoms with Gasteiger partial charge >= 0.3 is 0 Å². The van der Waals surface area contributed by atoms with Crippen LogP contribution in [0.25, 0.3) is 0 Å². The van der Waals surface area contributed by atoms with Gasteiger partial charge in [0.1, 0.15) is 12.4 Å². The summed E-state index contributed by atoms with van der Waals surface area (Å²) in [5, 5.41) is 4.43. The second-order valence-electron chi connectivity index (χ2n) is 8.18. The maximum atomic E-state index is 12.5. The second kappa shape index (κ2) is 11.7. The number of halogens is 1. The fraction of sp³-hybridized carbons (Fsp3) is 0.0714. The van der Waals surface area contributed by atoms with Gasteiger partial charge in [0, 0.05) is 16.3 Å². The Morgan fingerprint density at radius 3 is 2.19 bits per heavy atom. The van der Waals surface area contributed by atoms with Crippen molar-refractivity contribution in [1.82, 2.24) is 5.43 Å². The van der Waals surface area contributed by atoms with E-state index in [9.17, 15) is 13.2 Å². The lowest BCUT2D eigenvalue weighted by Crippen LogP contribution is -2.18. The summed E-state index contributed by atoms with van der Waals surface area (Å²) in [6.07, 6.45) is 1.52. The predicted octanol–water partition coefficient (Wildman–Crippen LogP) is 5.79. The molecular formula is C28H24ClN3O4S. The highest BCUT2D eigenvalue weighted by Crippen LogP contribution is 2.19. The van der Waals surface area contributed by atoms with Crippen LogP contribution in [0.4, 0.5) is 5.69 Å². The van der Waals surface area contributed by atoms with Crippen LogP contribution in [0, 0.1) is 6.92 Å². The maximum absolute atomic E-state index is 12.5. The summed E-state index contributed by atoms with van der Waals surface area (Å²) in [5.74, 6) is 0.301. The highest BCUT2D eigenvalue weighted by molar-refractivity contribution is 7.92. The molecule has 9 heteroatoms. The molecule has 4 aromatic carbocycles. The van der Waals surface area contributed by atoms with Crippen molar-refractivity contribution in [2.24, 2.45) is 5.10 Å². The van der Waals surface area contributed by atoms with E-state index in [1.54, 1.807) is 0 Å². The normalized spacial score (nSPS) is 11.3. The molecule has 0 spiro atoms. The lowest BCUT2D eigenvalue weighted by molar-refractivity contribution is 0.0955. The van der Waals surface area contributed by atoms with Gasteiger partial charge in [-0.15, -0.1) is 0 Å². The number of aryl methyl sites for hydroxylation is 1. The van der Waals surface area contributed by atoms with E-state index in [1.807, 2.05) is 55.5 Å². The van der Waals surface area contributed by atoms with Gasteiger partial charge in [0.25, 0.3) is 15.9 Å². The molecule has 37 heavy (non-hydrogen) atoms. The fourth-order valence-corrected chi connectivity index (χ4v) is 4.43. The molecule has 188 valence electrons. The lowest BCUT2D eigenvalue weighted by Gasteiger charge is -2.09. The number of hydrazone groups is 1. The van der Waals surface area contributed by atoms with E-state index in [0.717, 1.165) is 16.9 Å². The number of rotatable bonds is 9. The SMILES string of the molecule is Cc1ccc(COc2ccc(/C=N\NC(=O)c3ccc(NS(=O)(=O)c4ccc(Cl)cc4)cc3)cc2)cc1. The Kier molecular flexibility index (Phi) is 8.22. The van der Waals surface area contributed by atoms with Crippen LogP contribution in [0.1, 0.15) is 27.0 Å². The van der Waals surface area contributed by atoms with Gasteiger partial charge in [-0.2, -0.15) is 5.10 Å². The third kappa shape index (κ3) is 7.42. The number of sulfonamides is 1. The van der Waals surface area contributed by atoms with Crippen LogP contribution in [0.5, 0.6) is 5.75 Å². The summed E-state index contributed by atoms with van der Waals surface area (Å²) >= 11 is 5.81. The molecule has 0 aromatic heterocycles. The van der Waals surface area contributed by atoms with Crippen molar-refractivity contribution < 1.29 is 17.9 Å². The zero-order valence-electron chi connectivity index (χ0n) is 19.9. The quantitative estimate of drug-likeness (QED) is 0.210. The Balaban J connectivity index is 1.28. The van der Waals surface area contributed by atoms with Gasteiger partial charge in [0.2, 0.25) is 0 Å². The first kappa shape index (κ1) is 25.9. The number of benzene rings is 4. The third-order valence-electron chi connectivity index (χ3n) is 5.31. The van der Waals surface area contributed by atoms with E-state index >= 15 is 0 Å². The first-order valence-corrected chi connectivity index (χ1v) is 13.1. The van der Waals surface area contributed by atoms with Crippen molar-refractivity contribution in [1.29, 1.82) is 0 Å². The molecule has 0 heterocycles. The van der Waals surface area contributed by atoms with Crippen molar-refractivity contribution in [2.45, 2.75) is 18.4 Å². The van der Waals surface area contributed by atoms with E-state index in [0.29, 0.717) is 22.9 Å². The van der Waals surface area contributed by atoms with Crippen molar-refractivity contribution in [2.75, 3.05) is 4.72 Å². The van der Waals surface area contributed by atoms with Crippen LogP contribution in [0.2, 0.25) is 5.02 Å². The molecule has 0 saturated heterocycles. The maximum Gasteiger partial charge on any atom is 0.271 e. The third-order valence-corrected chi connectivity index (χ3v) is 6.96. The Morgan fingerprint density at radius 2 is 1.54 bits per heavy atom. The monoisotopic (exact) mass is 533 g/mol. The topological polar surface area (TPSA) is 96.9 Å². The minimum absolute atomic E-state index is 0.0823. The molecule has 7 nitrogen and oxygen atoms in total. The summed E-state index contributed by atoms with van der Waals surface area (Å²) < 4.78 is 33.2. The van der Waals surface area contributed by atoms with Gasteiger partial charge in [0.15, 0.2) is 0 Å². The molecule has 0 atom stereocenters. The average molecular weight is 534 g/mol. The van der Waals surface area contributed by atoms with Crippen LogP contribution in [0.3, 0.4) is 0 Å². The van der Waals surface area contributed by atoms with Crippen LogP contribution in [-0.4, -0.2) is 20.5 Å². The Hall–Kier alpha value is -4.14. The van der Waals surface area contributed by atoms with Gasteiger partial charge < -0.3 is 4.74 Å². The van der Waals surface area contributed by atoms with Crippen LogP contribution in [-0.2, 0) is 16.6 Å². The molecule has 4 aromatic rings. The Morgan fingerprint density at radius 1 is 0.892 bits per heavy atom. The lowest BCUT2D eigenvalue weighted by atomic mass is 10.2. The van der Waals surface area contributed by atoms with E-state index in [2.05, 4.69) is 15.2 Å². The molecule has 0 radical (unpaired) electrons. The van der Waals surface area contributed by atoms with Crippen molar-refractivity contribution >= 4 is 39.4 Å². The summed E-state index contributed by atoms with van der Waals surface area (Å²) in [5.41, 5.74) is 6.18. The number of nitrogens with one attached hydrogen (secondary N) is 2. The predicted molar refractivity (Wildman–Crippen MR) is 146 cm³/mol. The van der Waals surface area contributed by atoms with Gasteiger partial charge in [-0.3, -0.25) is 9.52 Å². The van der Waals surface area contributed by atoms with Crippen LogP contribution in [0.15, 0.2) is 107 Å². The average Bonchev–Trinajstić information content (AvgIpc) is 2.89. The number of nitrogens with zero attached hydrogens (tertiary/aromatic N) is 1. The van der Waals surface area contributed by atoms with Gasteiger partial charge in [0.05, 0.1) is 11.1 Å². The molecule has 0 fully saturated rings. The smallest absolute Gasteiger partial charge is 0.271 e. The molecular weight excluding hydrogens is 510 g/mol. The molecule has 4 rings (SSSR count). The molecule has 0 saturated carbocycles. The molecule has 0 unspecified atom stereocenters. The minimum atomic E-state index is -3.77. The van der Waals surface area contributed by atoms with Crippen LogP contribution >= 0.6 is 11.6 Å². The number of hydrogen-bond donors (Lipinski definition) is 2. The number of anilines is 1. The summed E-state index contributed by atoms with van der Waals surface area (Å²) in [7, 11) is -3.77. The fourth-order valence-electron chi connectivity index (χ4n) is 3.25. The number of ether oxygens (including phenoxy) is 1. The Bertz CT molecular complexity index is 1490. The van der Waals surface area contributed by atoms with E-state index in [1.165, 1.54) is 60.3 Å². The highest BCUT2D eigenvalue weighted by Gasteiger charge is 2.14. The van der Waals surface area contributed by atoms with Gasteiger partial charge in [-0.25, -0.2) is 13.8 Å². The van der Waals surface area contributed by atoms with Crippen molar-refractivity contribution in [3.63, 3.8) is 0 Å². The minimum Gasteiger partial charge on any atom is -0.489 e. The van der Waals surface area contributed by atoms with Crippen LogP contribution < -0.4 is 14.9 Å². The molecule has 0 aliphatic carbocycles. The number of hydrogen-bond acceptors (Lipinski definition) is 5. The van der Waals surface area contributed by atoms with E-state index in [-0.39, 0.29) is 4.90 Å². The number of carbonyl (C=O) groups excluding carboxylic acids is 1. The zero-order valence-corrected chi connectivity index (χ0v) is 21.5. The first-order valence-electron chi connectivity index (χ1n) is 11.3. The number of amides is 1. The Labute approximate surface area is 220 Å². The van der Waals surface area contributed by atoms with Crippen molar-refractivity contribution in [3.05, 3.63) is 124 Å². The molecule has 0 bridgehead atoms. The van der Waals surface area contributed by atoms with Gasteiger partial charge in [-0.1, -0.05) is 41.4 Å². The standard InChI is InChI=1S/C28H24ClN3O4S/c1-20-2-4-22(5-3-20)19-36-26-14-6-21(7-15-26)18-30-31-28(33)23-8-12-25(13-9-23)32-37(34,35)27-16-10-24(29)11-17-27/h2-18,32H,19H2,1H3,(H,31,33)/b30-18-. The van der Waals surface area contributed by atoms with Gasteiger partial charge in [-0.05, 0) is 90.8 Å². The molecule has 1 amide bonds. The summed E-state index contributed by atoms with van der Waals surface area (Å²) in [4.78, 5) is 12.5. The molecule has 2 N–H and O–H groups in total. The van der Waals surface area contributed by atoms with Crippen molar-refractivity contribution in [3.8, 4) is 5.75 Å². The second-order valence-corrected chi connectivity index (χ2v) is 10.3. The molecule has 0 aliphatic heterocycles.